The third kappa shape index (κ3) is 4.53. The molecular formula is C22H16Cl2N2O3. The first-order chi connectivity index (χ1) is 14.0. The molecule has 1 N–H and O–H groups in total. The van der Waals surface area contributed by atoms with Gasteiger partial charge < -0.3 is 14.5 Å². The SMILES string of the molecule is Cc1cccc(OCC(=O)Nc2cc(-c3nc4cc(Cl)ccc4o3)ccc2Cl)c1. The summed E-state index contributed by atoms with van der Waals surface area (Å²) in [7, 11) is 0. The molecule has 0 unspecified atom stereocenters. The normalized spacial score (nSPS) is 10.9. The lowest BCUT2D eigenvalue weighted by atomic mass is 10.2. The van der Waals surface area contributed by atoms with Crippen LogP contribution in [-0.4, -0.2) is 17.5 Å². The summed E-state index contributed by atoms with van der Waals surface area (Å²) in [6.45, 7) is 1.82. The maximum absolute atomic E-state index is 12.3. The Bertz CT molecular complexity index is 1200. The molecule has 29 heavy (non-hydrogen) atoms. The molecule has 7 heteroatoms. The predicted molar refractivity (Wildman–Crippen MR) is 115 cm³/mol. The third-order valence-corrected chi connectivity index (χ3v) is 4.76. The summed E-state index contributed by atoms with van der Waals surface area (Å²) in [6, 6.07) is 17.9. The second-order valence-electron chi connectivity index (χ2n) is 6.48. The van der Waals surface area contributed by atoms with Crippen LogP contribution in [0.5, 0.6) is 5.75 Å². The summed E-state index contributed by atoms with van der Waals surface area (Å²) in [6.07, 6.45) is 0. The predicted octanol–water partition coefficient (Wildman–Crippen LogP) is 6.13. The zero-order valence-electron chi connectivity index (χ0n) is 15.4. The van der Waals surface area contributed by atoms with Crippen LogP contribution in [0.4, 0.5) is 5.69 Å². The first kappa shape index (κ1) is 19.3. The number of ether oxygens (including phenoxy) is 1. The number of amides is 1. The lowest BCUT2D eigenvalue weighted by Gasteiger charge is -2.10. The number of carbonyl (C=O) groups excluding carboxylic acids is 1. The molecule has 4 rings (SSSR count). The number of hydrogen-bond acceptors (Lipinski definition) is 4. The van der Waals surface area contributed by atoms with Crippen LogP contribution in [0, 0.1) is 6.92 Å². The molecule has 0 bridgehead atoms. The molecule has 0 saturated carbocycles. The van der Waals surface area contributed by atoms with Crippen LogP contribution in [0.15, 0.2) is 65.1 Å². The molecule has 0 radical (unpaired) electrons. The fraction of sp³-hybridized carbons (Fsp3) is 0.0909. The summed E-state index contributed by atoms with van der Waals surface area (Å²) < 4.78 is 11.3. The van der Waals surface area contributed by atoms with E-state index in [1.807, 2.05) is 25.1 Å². The van der Waals surface area contributed by atoms with Gasteiger partial charge >= 0.3 is 0 Å². The fourth-order valence-corrected chi connectivity index (χ4v) is 3.15. The van der Waals surface area contributed by atoms with Crippen LogP contribution < -0.4 is 10.1 Å². The van der Waals surface area contributed by atoms with Crippen molar-refractivity contribution in [2.75, 3.05) is 11.9 Å². The highest BCUT2D eigenvalue weighted by Gasteiger charge is 2.13. The first-order valence-electron chi connectivity index (χ1n) is 8.83. The lowest BCUT2D eigenvalue weighted by molar-refractivity contribution is -0.118. The van der Waals surface area contributed by atoms with Gasteiger partial charge in [-0.05, 0) is 61.0 Å². The van der Waals surface area contributed by atoms with Crippen molar-refractivity contribution in [2.45, 2.75) is 6.92 Å². The summed E-state index contributed by atoms with van der Waals surface area (Å²) in [5, 5.41) is 3.74. The number of benzene rings is 3. The van der Waals surface area contributed by atoms with E-state index in [-0.39, 0.29) is 12.5 Å². The summed E-state index contributed by atoms with van der Waals surface area (Å²) in [4.78, 5) is 16.7. The van der Waals surface area contributed by atoms with Crippen molar-refractivity contribution in [1.82, 2.24) is 4.98 Å². The van der Waals surface area contributed by atoms with Crippen LogP contribution in [0.2, 0.25) is 10.0 Å². The van der Waals surface area contributed by atoms with Gasteiger partial charge in [-0.2, -0.15) is 0 Å². The number of nitrogens with zero attached hydrogens (tertiary/aromatic N) is 1. The Labute approximate surface area is 177 Å². The van der Waals surface area contributed by atoms with E-state index in [9.17, 15) is 4.79 Å². The molecule has 1 aromatic heterocycles. The molecule has 0 spiro atoms. The average Bonchev–Trinajstić information content (AvgIpc) is 3.11. The number of anilines is 1. The van der Waals surface area contributed by atoms with Gasteiger partial charge in [0.25, 0.3) is 5.91 Å². The number of oxazole rings is 1. The van der Waals surface area contributed by atoms with Gasteiger partial charge in [0.05, 0.1) is 10.7 Å². The number of rotatable bonds is 5. The van der Waals surface area contributed by atoms with Crippen LogP contribution in [-0.2, 0) is 4.79 Å². The van der Waals surface area contributed by atoms with Gasteiger partial charge in [0, 0.05) is 10.6 Å². The van der Waals surface area contributed by atoms with Crippen LogP contribution in [0.1, 0.15) is 5.56 Å². The topological polar surface area (TPSA) is 64.4 Å². The van der Waals surface area contributed by atoms with Crippen molar-refractivity contribution in [1.29, 1.82) is 0 Å². The zero-order valence-corrected chi connectivity index (χ0v) is 16.9. The molecule has 1 amide bonds. The number of nitrogens with one attached hydrogen (secondary N) is 1. The van der Waals surface area contributed by atoms with Crippen LogP contribution in [0.3, 0.4) is 0 Å². The van der Waals surface area contributed by atoms with E-state index in [0.29, 0.717) is 44.0 Å². The number of fused-ring (bicyclic) bond motifs is 1. The Morgan fingerprint density at radius 2 is 1.97 bits per heavy atom. The molecule has 0 aliphatic carbocycles. The maximum Gasteiger partial charge on any atom is 0.262 e. The number of aromatic nitrogens is 1. The number of hydrogen-bond donors (Lipinski definition) is 1. The summed E-state index contributed by atoms with van der Waals surface area (Å²) in [5.41, 5.74) is 3.45. The Balaban J connectivity index is 1.51. The lowest BCUT2D eigenvalue weighted by Crippen LogP contribution is -2.20. The standard InChI is InChI=1S/C22H16Cl2N2O3/c1-13-3-2-4-16(9-13)28-12-21(27)25-18-10-14(5-7-17(18)24)22-26-19-11-15(23)6-8-20(19)29-22/h2-11H,12H2,1H3,(H,25,27). The highest BCUT2D eigenvalue weighted by Crippen LogP contribution is 2.31. The number of halogens is 2. The van der Waals surface area contributed by atoms with Gasteiger partial charge in [0.2, 0.25) is 5.89 Å². The highest BCUT2D eigenvalue weighted by molar-refractivity contribution is 6.33. The molecule has 1 heterocycles. The van der Waals surface area contributed by atoms with Crippen LogP contribution in [0.25, 0.3) is 22.6 Å². The smallest absolute Gasteiger partial charge is 0.262 e. The molecule has 5 nitrogen and oxygen atoms in total. The van der Waals surface area contributed by atoms with E-state index >= 15 is 0 Å². The van der Waals surface area contributed by atoms with Gasteiger partial charge in [0.15, 0.2) is 12.2 Å². The van der Waals surface area contributed by atoms with Gasteiger partial charge in [-0.3, -0.25) is 4.79 Å². The fourth-order valence-electron chi connectivity index (χ4n) is 2.82. The van der Waals surface area contributed by atoms with E-state index in [1.54, 1.807) is 42.5 Å². The third-order valence-electron chi connectivity index (χ3n) is 4.20. The second kappa shape index (κ2) is 8.15. The Hall–Kier alpha value is -3.02. The summed E-state index contributed by atoms with van der Waals surface area (Å²) in [5.74, 6) is 0.713. The molecule has 0 aliphatic rings. The number of carbonyl (C=O) groups is 1. The number of aryl methyl sites for hydroxylation is 1. The van der Waals surface area contributed by atoms with E-state index in [4.69, 9.17) is 32.4 Å². The highest BCUT2D eigenvalue weighted by atomic mass is 35.5. The molecule has 146 valence electrons. The zero-order chi connectivity index (χ0) is 20.4. The van der Waals surface area contributed by atoms with Gasteiger partial charge in [-0.15, -0.1) is 0 Å². The van der Waals surface area contributed by atoms with Crippen LogP contribution >= 0.6 is 23.2 Å². The van der Waals surface area contributed by atoms with Gasteiger partial charge in [-0.25, -0.2) is 4.98 Å². The average molecular weight is 427 g/mol. The largest absolute Gasteiger partial charge is 0.484 e. The van der Waals surface area contributed by atoms with E-state index in [1.165, 1.54) is 0 Å². The molecule has 0 saturated heterocycles. The quantitative estimate of drug-likeness (QED) is 0.416. The van der Waals surface area contributed by atoms with Crippen molar-refractivity contribution in [2.24, 2.45) is 0 Å². The summed E-state index contributed by atoms with van der Waals surface area (Å²) >= 11 is 12.2. The molecule has 0 fully saturated rings. The molecule has 4 aromatic rings. The maximum atomic E-state index is 12.3. The minimum absolute atomic E-state index is 0.134. The Morgan fingerprint density at radius 3 is 2.79 bits per heavy atom. The van der Waals surface area contributed by atoms with Gasteiger partial charge in [-0.1, -0.05) is 35.3 Å². The molecular weight excluding hydrogens is 411 g/mol. The van der Waals surface area contributed by atoms with Crippen molar-refractivity contribution >= 4 is 45.9 Å². The first-order valence-corrected chi connectivity index (χ1v) is 9.59. The molecule has 3 aromatic carbocycles. The van der Waals surface area contributed by atoms with Crippen molar-refractivity contribution in [3.8, 4) is 17.2 Å². The minimum Gasteiger partial charge on any atom is -0.484 e. The van der Waals surface area contributed by atoms with E-state index in [2.05, 4.69) is 10.3 Å². The van der Waals surface area contributed by atoms with Gasteiger partial charge in [0.1, 0.15) is 11.3 Å². The van der Waals surface area contributed by atoms with E-state index in [0.717, 1.165) is 5.56 Å². The second-order valence-corrected chi connectivity index (χ2v) is 7.32. The molecule has 0 aliphatic heterocycles. The Morgan fingerprint density at radius 1 is 1.10 bits per heavy atom. The van der Waals surface area contributed by atoms with Crippen molar-refractivity contribution < 1.29 is 13.9 Å². The Kier molecular flexibility index (Phi) is 5.43. The van der Waals surface area contributed by atoms with Crippen molar-refractivity contribution in [3.63, 3.8) is 0 Å². The molecule has 0 atom stereocenters. The minimum atomic E-state index is -0.324. The van der Waals surface area contributed by atoms with E-state index < -0.39 is 0 Å². The van der Waals surface area contributed by atoms with Crippen molar-refractivity contribution in [3.05, 3.63) is 76.3 Å². The monoisotopic (exact) mass is 426 g/mol.